The fourth-order valence-electron chi connectivity index (χ4n) is 2.53. The van der Waals surface area contributed by atoms with Gasteiger partial charge in [0.05, 0.1) is 16.9 Å². The van der Waals surface area contributed by atoms with Crippen LogP contribution in [0.5, 0.6) is 11.5 Å². The van der Waals surface area contributed by atoms with Crippen molar-refractivity contribution in [3.05, 3.63) is 63.0 Å². The number of anilines is 1. The Hall–Kier alpha value is -3.86. The molecule has 0 unspecified atom stereocenters. The van der Waals surface area contributed by atoms with Gasteiger partial charge in [0.1, 0.15) is 5.69 Å². The van der Waals surface area contributed by atoms with E-state index in [9.17, 15) is 24.5 Å². The van der Waals surface area contributed by atoms with Crippen LogP contribution in [0, 0.1) is 10.1 Å². The number of rotatable bonds is 7. The van der Waals surface area contributed by atoms with Crippen molar-refractivity contribution in [3.63, 3.8) is 0 Å². The zero-order valence-corrected chi connectivity index (χ0v) is 16.4. The first-order chi connectivity index (χ1) is 14.4. The van der Waals surface area contributed by atoms with E-state index in [-0.39, 0.29) is 22.0 Å². The minimum absolute atomic E-state index is 0.0620. The molecule has 0 spiro atoms. The highest BCUT2D eigenvalue weighted by atomic mass is 32.2. The molecule has 1 aliphatic heterocycles. The van der Waals surface area contributed by atoms with Gasteiger partial charge >= 0.3 is 0 Å². The number of benzene rings is 2. The van der Waals surface area contributed by atoms with Crippen molar-refractivity contribution < 1.29 is 28.8 Å². The van der Waals surface area contributed by atoms with E-state index in [1.807, 2.05) is 0 Å². The summed E-state index contributed by atoms with van der Waals surface area (Å²) in [5, 5.41) is 15.2. The average Bonchev–Trinajstić information content (AvgIpc) is 3.03. The van der Waals surface area contributed by atoms with Crippen LogP contribution in [-0.4, -0.2) is 35.7 Å². The zero-order valence-electron chi connectivity index (χ0n) is 15.5. The van der Waals surface area contributed by atoms with Crippen LogP contribution >= 0.6 is 11.8 Å². The molecule has 1 heterocycles. The third kappa shape index (κ3) is 4.94. The number of amides is 3. The van der Waals surface area contributed by atoms with E-state index in [1.165, 1.54) is 31.4 Å². The predicted octanol–water partition coefficient (Wildman–Crippen LogP) is 2.94. The van der Waals surface area contributed by atoms with E-state index < -0.39 is 28.6 Å². The van der Waals surface area contributed by atoms with Crippen molar-refractivity contribution in [1.29, 1.82) is 0 Å². The Bertz CT molecular complexity index is 1070. The Morgan fingerprint density at radius 3 is 2.67 bits per heavy atom. The van der Waals surface area contributed by atoms with Crippen LogP contribution in [0.15, 0.2) is 47.4 Å². The quantitative estimate of drug-likeness (QED) is 0.389. The fourth-order valence-corrected chi connectivity index (χ4v) is 3.22. The summed E-state index contributed by atoms with van der Waals surface area (Å²) in [5.74, 6) is -0.499. The monoisotopic (exact) mass is 429 g/mol. The van der Waals surface area contributed by atoms with Gasteiger partial charge in [0.15, 0.2) is 18.1 Å². The molecule has 0 saturated carbocycles. The zero-order chi connectivity index (χ0) is 21.7. The minimum Gasteiger partial charge on any atom is -0.493 e. The van der Waals surface area contributed by atoms with Gasteiger partial charge in [-0.3, -0.25) is 29.8 Å². The number of nitro benzene ring substituents is 1. The third-order valence-electron chi connectivity index (χ3n) is 3.86. The van der Waals surface area contributed by atoms with Gasteiger partial charge in [-0.05, 0) is 41.6 Å². The summed E-state index contributed by atoms with van der Waals surface area (Å²) in [4.78, 5) is 45.7. The topological polar surface area (TPSA) is 137 Å². The van der Waals surface area contributed by atoms with Crippen molar-refractivity contribution in [2.75, 3.05) is 19.0 Å². The first-order valence-electron chi connectivity index (χ1n) is 8.46. The smallest absolute Gasteiger partial charge is 0.292 e. The normalized spacial score (nSPS) is 14.4. The summed E-state index contributed by atoms with van der Waals surface area (Å²) in [6.45, 7) is -0.407. The van der Waals surface area contributed by atoms with Crippen molar-refractivity contribution in [1.82, 2.24) is 5.32 Å². The fraction of sp³-hybridized carbons (Fsp3) is 0.105. The van der Waals surface area contributed by atoms with Crippen LogP contribution in [0.1, 0.15) is 5.56 Å². The standard InChI is InChI=1S/C19H15N3O7S/c1-28-15-8-11(9-16-18(24)21-19(25)30-16)6-7-14(15)29-10-17(23)20-12-4-2-3-5-13(12)22(26)27/h2-9H,10H2,1H3,(H,20,23)(H,21,24,25)/b16-9-. The lowest BCUT2D eigenvalue weighted by atomic mass is 10.2. The Morgan fingerprint density at radius 1 is 1.23 bits per heavy atom. The van der Waals surface area contributed by atoms with Crippen LogP contribution in [0.3, 0.4) is 0 Å². The number of hydrogen-bond acceptors (Lipinski definition) is 8. The first-order valence-corrected chi connectivity index (χ1v) is 9.28. The van der Waals surface area contributed by atoms with Crippen LogP contribution in [0.4, 0.5) is 16.2 Å². The average molecular weight is 429 g/mol. The van der Waals surface area contributed by atoms with E-state index in [1.54, 1.807) is 24.3 Å². The molecule has 154 valence electrons. The molecule has 3 rings (SSSR count). The lowest BCUT2D eigenvalue weighted by molar-refractivity contribution is -0.383. The Morgan fingerprint density at radius 2 is 2.00 bits per heavy atom. The van der Waals surface area contributed by atoms with Gasteiger partial charge < -0.3 is 14.8 Å². The van der Waals surface area contributed by atoms with E-state index in [0.29, 0.717) is 11.3 Å². The summed E-state index contributed by atoms with van der Waals surface area (Å²) in [5.41, 5.74) is 0.427. The Kier molecular flexibility index (Phi) is 6.32. The van der Waals surface area contributed by atoms with Gasteiger partial charge in [-0.2, -0.15) is 0 Å². The molecule has 1 aliphatic rings. The highest BCUT2D eigenvalue weighted by molar-refractivity contribution is 8.18. The number of nitrogens with zero attached hydrogens (tertiary/aromatic N) is 1. The second-order valence-corrected chi connectivity index (χ2v) is 6.89. The molecular formula is C19H15N3O7S. The molecule has 0 aliphatic carbocycles. The number of para-hydroxylation sites is 2. The SMILES string of the molecule is COc1cc(/C=C2\SC(=O)NC2=O)ccc1OCC(=O)Nc1ccccc1[N+](=O)[O-]. The number of thioether (sulfide) groups is 1. The van der Waals surface area contributed by atoms with Gasteiger partial charge in [-0.15, -0.1) is 0 Å². The third-order valence-corrected chi connectivity index (χ3v) is 4.67. The van der Waals surface area contributed by atoms with E-state index in [4.69, 9.17) is 9.47 Å². The second-order valence-electron chi connectivity index (χ2n) is 5.87. The van der Waals surface area contributed by atoms with Crippen molar-refractivity contribution in [2.45, 2.75) is 0 Å². The first kappa shape index (κ1) is 20.9. The minimum atomic E-state index is -0.594. The number of nitro groups is 1. The maximum atomic E-state index is 12.1. The Labute approximate surface area is 174 Å². The predicted molar refractivity (Wildman–Crippen MR) is 109 cm³/mol. The van der Waals surface area contributed by atoms with Gasteiger partial charge in [0.2, 0.25) is 0 Å². The molecule has 10 nitrogen and oxygen atoms in total. The lowest BCUT2D eigenvalue weighted by Gasteiger charge is -2.12. The molecule has 0 bridgehead atoms. The highest BCUT2D eigenvalue weighted by Crippen LogP contribution is 2.31. The highest BCUT2D eigenvalue weighted by Gasteiger charge is 2.25. The summed E-state index contributed by atoms with van der Waals surface area (Å²) in [6, 6.07) is 10.5. The Balaban J connectivity index is 1.68. The molecule has 30 heavy (non-hydrogen) atoms. The number of methoxy groups -OCH3 is 1. The molecule has 0 atom stereocenters. The number of hydrogen-bond donors (Lipinski definition) is 2. The maximum Gasteiger partial charge on any atom is 0.292 e. The number of carbonyl (C=O) groups excluding carboxylic acids is 3. The van der Waals surface area contributed by atoms with Crippen molar-refractivity contribution >= 4 is 46.3 Å². The number of ether oxygens (including phenoxy) is 2. The van der Waals surface area contributed by atoms with E-state index in [0.717, 1.165) is 11.8 Å². The van der Waals surface area contributed by atoms with Crippen LogP contribution in [0.25, 0.3) is 6.08 Å². The van der Waals surface area contributed by atoms with Gasteiger partial charge in [-0.25, -0.2) is 0 Å². The van der Waals surface area contributed by atoms with Gasteiger partial charge in [0, 0.05) is 6.07 Å². The van der Waals surface area contributed by atoms with Crippen molar-refractivity contribution in [3.8, 4) is 11.5 Å². The van der Waals surface area contributed by atoms with Crippen LogP contribution < -0.4 is 20.1 Å². The largest absolute Gasteiger partial charge is 0.493 e. The number of imide groups is 1. The molecule has 1 saturated heterocycles. The molecule has 2 aromatic rings. The molecule has 2 N–H and O–H groups in total. The molecule has 2 aromatic carbocycles. The molecule has 1 fully saturated rings. The van der Waals surface area contributed by atoms with Crippen LogP contribution in [0.2, 0.25) is 0 Å². The number of nitrogens with one attached hydrogen (secondary N) is 2. The molecule has 0 aromatic heterocycles. The van der Waals surface area contributed by atoms with Crippen molar-refractivity contribution in [2.24, 2.45) is 0 Å². The summed E-state index contributed by atoms with van der Waals surface area (Å²) < 4.78 is 10.7. The molecule has 0 radical (unpaired) electrons. The van der Waals surface area contributed by atoms with E-state index >= 15 is 0 Å². The maximum absolute atomic E-state index is 12.1. The number of carbonyl (C=O) groups is 3. The van der Waals surface area contributed by atoms with Crippen LogP contribution in [-0.2, 0) is 9.59 Å². The molecule has 3 amide bonds. The lowest BCUT2D eigenvalue weighted by Crippen LogP contribution is -2.20. The molecular weight excluding hydrogens is 414 g/mol. The van der Waals surface area contributed by atoms with Gasteiger partial charge in [0.25, 0.3) is 22.7 Å². The van der Waals surface area contributed by atoms with Gasteiger partial charge in [-0.1, -0.05) is 18.2 Å². The van der Waals surface area contributed by atoms with E-state index in [2.05, 4.69) is 10.6 Å². The second kappa shape index (κ2) is 9.09. The molecule has 11 heteroatoms. The summed E-state index contributed by atoms with van der Waals surface area (Å²) in [7, 11) is 1.41. The summed E-state index contributed by atoms with van der Waals surface area (Å²) in [6.07, 6.45) is 1.53. The summed E-state index contributed by atoms with van der Waals surface area (Å²) >= 11 is 0.793.